The zero-order chi connectivity index (χ0) is 38.8. The van der Waals surface area contributed by atoms with Crippen LogP contribution in [0.1, 0.15) is 315 Å². The highest BCUT2D eigenvalue weighted by molar-refractivity contribution is 4.54. The molecule has 1 heterocycles. The molecule has 0 bridgehead atoms. The van der Waals surface area contributed by atoms with Crippen molar-refractivity contribution in [2.75, 3.05) is 19.8 Å². The first-order valence-corrected chi connectivity index (χ1v) is 26.1. The van der Waals surface area contributed by atoms with Crippen LogP contribution in [0.5, 0.6) is 0 Å². The summed E-state index contributed by atoms with van der Waals surface area (Å²) >= 11 is 0. The molecule has 0 amide bonds. The monoisotopic (exact) mass is 763 g/mol. The molecule has 1 aliphatic heterocycles. The summed E-state index contributed by atoms with van der Waals surface area (Å²) < 4.78 is 4.50. The minimum Gasteiger partial charge on any atom is -0.396 e. The Labute approximate surface area is 343 Å². The molecule has 326 valence electrons. The number of aliphatic hydroxyl groups excluding tert-OH is 1. The van der Waals surface area contributed by atoms with E-state index >= 15 is 0 Å². The highest BCUT2D eigenvalue weighted by Crippen LogP contribution is 2.18. The van der Waals surface area contributed by atoms with Crippen LogP contribution in [-0.2, 0) is 4.74 Å². The molecule has 1 fully saturated rings. The smallest absolute Gasteiger partial charge is 0.0701 e. The van der Waals surface area contributed by atoms with E-state index in [2.05, 4.69) is 11.7 Å². The van der Waals surface area contributed by atoms with Gasteiger partial charge in [-0.05, 0) is 6.42 Å². The zero-order valence-corrected chi connectivity index (χ0v) is 37.9. The van der Waals surface area contributed by atoms with Gasteiger partial charge in [-0.25, -0.2) is 0 Å². The van der Waals surface area contributed by atoms with Crippen LogP contribution in [0.4, 0.5) is 0 Å². The van der Waals surface area contributed by atoms with E-state index in [4.69, 9.17) is 5.11 Å². The van der Waals surface area contributed by atoms with Gasteiger partial charge in [-0.1, -0.05) is 309 Å². The molecule has 0 aromatic rings. The lowest BCUT2D eigenvalue weighted by Gasteiger charge is -2.05. The molecule has 0 aromatic carbocycles. The molecule has 0 atom stereocenters. The number of aliphatic hydroxyl groups is 1. The van der Waals surface area contributed by atoms with E-state index in [1.165, 1.54) is 302 Å². The van der Waals surface area contributed by atoms with Crippen molar-refractivity contribution < 1.29 is 9.84 Å². The first kappa shape index (κ1) is 53.9. The van der Waals surface area contributed by atoms with Crippen LogP contribution in [0.15, 0.2) is 0 Å². The Morgan fingerprint density at radius 3 is 0.426 bits per heavy atom. The van der Waals surface area contributed by atoms with E-state index in [1.807, 2.05) is 0 Å². The second-order valence-corrected chi connectivity index (χ2v) is 18.0. The fourth-order valence-corrected chi connectivity index (χ4v) is 8.32. The highest BCUT2D eigenvalue weighted by Gasteiger charge is 1.99. The molecule has 0 aromatic heterocycles. The molecule has 1 rings (SSSR count). The Balaban J connectivity index is 0.00000886. The van der Waals surface area contributed by atoms with Crippen LogP contribution in [0.2, 0.25) is 0 Å². The van der Waals surface area contributed by atoms with Crippen LogP contribution >= 0.6 is 0 Å². The number of unbranched alkanes of at least 4 members (excludes halogenated alkanes) is 47. The first-order valence-electron chi connectivity index (χ1n) is 26.1. The van der Waals surface area contributed by atoms with Crippen molar-refractivity contribution in [2.45, 2.75) is 315 Å². The van der Waals surface area contributed by atoms with Crippen molar-refractivity contribution in [3.63, 3.8) is 0 Å². The maximum atomic E-state index is 8.81. The molecule has 1 N–H and O–H groups in total. The third kappa shape index (κ3) is 56.3. The molecule has 0 spiro atoms. The van der Waals surface area contributed by atoms with E-state index < -0.39 is 0 Å². The molecular formula is C52H106O2. The standard InChI is InChI=1S/C50H102O.C2H4O/c1-2-3-4-5-6-7-8-9-10-11-12-13-14-15-16-17-18-19-20-21-22-23-24-25-26-27-28-29-30-31-32-33-34-35-36-37-38-39-40-41-42-43-44-45-46-47-48-49-50-51;1-2-3-1/h51H,2-50H2,1H3;1-2H2. The fraction of sp³-hybridized carbons (Fsp3) is 1.00. The van der Waals surface area contributed by atoms with E-state index in [0.717, 1.165) is 19.6 Å². The number of hydrogen-bond donors (Lipinski definition) is 1. The SMILES string of the molecule is C1CO1.CCCCCCCCCCCCCCCCCCCCCCCCCCCCCCCCCCCCCCCCCCCCCCCCCCO. The van der Waals surface area contributed by atoms with Gasteiger partial charge >= 0.3 is 0 Å². The average molecular weight is 763 g/mol. The summed E-state index contributed by atoms with van der Waals surface area (Å²) in [5, 5.41) is 8.81. The second-order valence-electron chi connectivity index (χ2n) is 18.0. The maximum Gasteiger partial charge on any atom is 0.0701 e. The number of rotatable bonds is 48. The van der Waals surface area contributed by atoms with Gasteiger partial charge in [-0.3, -0.25) is 0 Å². The van der Waals surface area contributed by atoms with Crippen LogP contribution < -0.4 is 0 Å². The van der Waals surface area contributed by atoms with Gasteiger partial charge in [0.15, 0.2) is 0 Å². The highest BCUT2D eigenvalue weighted by atomic mass is 16.6. The van der Waals surface area contributed by atoms with Crippen molar-refractivity contribution in [1.82, 2.24) is 0 Å². The summed E-state index contributed by atoms with van der Waals surface area (Å²) in [6.07, 6.45) is 70.0. The van der Waals surface area contributed by atoms with E-state index in [9.17, 15) is 0 Å². The molecular weight excluding hydrogens is 657 g/mol. The van der Waals surface area contributed by atoms with Gasteiger partial charge in [0, 0.05) is 6.61 Å². The number of epoxide rings is 1. The largest absolute Gasteiger partial charge is 0.396 e. The van der Waals surface area contributed by atoms with E-state index in [0.29, 0.717) is 6.61 Å². The Kier molecular flexibility index (Phi) is 52.8. The Bertz CT molecular complexity index is 552. The molecule has 2 heteroatoms. The summed E-state index contributed by atoms with van der Waals surface area (Å²) in [5.74, 6) is 0. The van der Waals surface area contributed by atoms with Gasteiger partial charge in [0.2, 0.25) is 0 Å². The zero-order valence-electron chi connectivity index (χ0n) is 37.9. The molecule has 2 nitrogen and oxygen atoms in total. The summed E-state index contributed by atoms with van der Waals surface area (Å²) in [6.45, 7) is 4.69. The molecule has 0 aliphatic carbocycles. The lowest BCUT2D eigenvalue weighted by molar-refractivity contribution is 0.282. The molecule has 0 radical (unpaired) electrons. The van der Waals surface area contributed by atoms with Gasteiger partial charge in [0.05, 0.1) is 13.2 Å². The quantitative estimate of drug-likeness (QED) is 0.0495. The van der Waals surface area contributed by atoms with Gasteiger partial charge in [0.25, 0.3) is 0 Å². The van der Waals surface area contributed by atoms with Crippen molar-refractivity contribution >= 4 is 0 Å². The second kappa shape index (κ2) is 52.9. The molecule has 0 unspecified atom stereocenters. The summed E-state index contributed by atoms with van der Waals surface area (Å²) in [5.41, 5.74) is 0. The predicted molar refractivity (Wildman–Crippen MR) is 245 cm³/mol. The summed E-state index contributed by atoms with van der Waals surface area (Å²) in [6, 6.07) is 0. The Morgan fingerprint density at radius 2 is 0.333 bits per heavy atom. The minimum atomic E-state index is 0.375. The Morgan fingerprint density at radius 1 is 0.222 bits per heavy atom. The maximum absolute atomic E-state index is 8.81. The molecule has 1 saturated heterocycles. The van der Waals surface area contributed by atoms with Crippen LogP contribution in [0, 0.1) is 0 Å². The van der Waals surface area contributed by atoms with Gasteiger partial charge < -0.3 is 9.84 Å². The van der Waals surface area contributed by atoms with Crippen LogP contribution in [-0.4, -0.2) is 24.9 Å². The van der Waals surface area contributed by atoms with E-state index in [1.54, 1.807) is 0 Å². The molecule has 0 saturated carbocycles. The van der Waals surface area contributed by atoms with E-state index in [-0.39, 0.29) is 0 Å². The van der Waals surface area contributed by atoms with Crippen molar-refractivity contribution in [3.8, 4) is 0 Å². The predicted octanol–water partition coefficient (Wildman–Crippen LogP) is 18.7. The topological polar surface area (TPSA) is 32.8 Å². The lowest BCUT2D eigenvalue weighted by Crippen LogP contribution is -1.85. The normalized spacial score (nSPS) is 12.3. The lowest BCUT2D eigenvalue weighted by atomic mass is 10.0. The average Bonchev–Trinajstić information content (AvgIpc) is 4.08. The first-order chi connectivity index (χ1) is 26.9. The summed E-state index contributed by atoms with van der Waals surface area (Å²) in [7, 11) is 0. The van der Waals surface area contributed by atoms with Gasteiger partial charge in [-0.15, -0.1) is 0 Å². The fourth-order valence-electron chi connectivity index (χ4n) is 8.32. The van der Waals surface area contributed by atoms with Crippen LogP contribution in [0.3, 0.4) is 0 Å². The number of ether oxygens (including phenoxy) is 1. The molecule has 54 heavy (non-hydrogen) atoms. The summed E-state index contributed by atoms with van der Waals surface area (Å²) in [4.78, 5) is 0. The Hall–Kier alpha value is -0.0800. The third-order valence-electron chi connectivity index (χ3n) is 12.2. The van der Waals surface area contributed by atoms with Gasteiger partial charge in [-0.2, -0.15) is 0 Å². The van der Waals surface area contributed by atoms with Crippen molar-refractivity contribution in [2.24, 2.45) is 0 Å². The van der Waals surface area contributed by atoms with Gasteiger partial charge in [0.1, 0.15) is 0 Å². The minimum absolute atomic E-state index is 0.375. The number of hydrogen-bond acceptors (Lipinski definition) is 2. The van der Waals surface area contributed by atoms with Crippen molar-refractivity contribution in [3.05, 3.63) is 0 Å². The molecule has 1 aliphatic rings. The third-order valence-corrected chi connectivity index (χ3v) is 12.2. The van der Waals surface area contributed by atoms with Crippen LogP contribution in [0.25, 0.3) is 0 Å². The van der Waals surface area contributed by atoms with Crippen molar-refractivity contribution in [1.29, 1.82) is 0 Å².